The summed E-state index contributed by atoms with van der Waals surface area (Å²) in [5, 5.41) is 8.96. The molecule has 0 fully saturated rings. The third-order valence-electron chi connectivity index (χ3n) is 3.25. The van der Waals surface area contributed by atoms with Gasteiger partial charge in [-0.05, 0) is 26.0 Å². The quantitative estimate of drug-likeness (QED) is 0.857. The van der Waals surface area contributed by atoms with E-state index in [0.29, 0.717) is 11.5 Å². The maximum atomic E-state index is 10.9. The molecule has 0 radical (unpaired) electrons. The molecule has 0 heterocycles. The fraction of sp³-hybridized carbons (Fsp3) is 0.500. The second-order valence-corrected chi connectivity index (χ2v) is 4.98. The van der Waals surface area contributed by atoms with Gasteiger partial charge >= 0.3 is 5.97 Å². The van der Waals surface area contributed by atoms with E-state index < -0.39 is 11.5 Å². The summed E-state index contributed by atoms with van der Waals surface area (Å²) in [7, 11) is 5.02. The Balaban J connectivity index is 3.05. The van der Waals surface area contributed by atoms with Crippen LogP contribution in [0.25, 0.3) is 0 Å². The van der Waals surface area contributed by atoms with E-state index in [4.69, 9.17) is 14.6 Å². The number of aliphatic carboxylic acids is 1. The molecule has 1 aromatic carbocycles. The Morgan fingerprint density at radius 3 is 2.32 bits per heavy atom. The van der Waals surface area contributed by atoms with Crippen LogP contribution in [-0.4, -0.2) is 37.9 Å². The van der Waals surface area contributed by atoms with E-state index in [2.05, 4.69) is 0 Å². The van der Waals surface area contributed by atoms with Crippen molar-refractivity contribution in [1.82, 2.24) is 0 Å². The average molecular weight is 267 g/mol. The van der Waals surface area contributed by atoms with Gasteiger partial charge in [0.05, 0.1) is 20.6 Å². The van der Waals surface area contributed by atoms with Crippen molar-refractivity contribution < 1.29 is 19.4 Å². The summed E-state index contributed by atoms with van der Waals surface area (Å²) in [6.45, 7) is 3.77. The second-order valence-electron chi connectivity index (χ2n) is 4.98. The number of methoxy groups -OCH3 is 2. The van der Waals surface area contributed by atoms with Crippen molar-refractivity contribution in [3.05, 3.63) is 18.2 Å². The second kappa shape index (κ2) is 5.82. The van der Waals surface area contributed by atoms with Gasteiger partial charge in [0.15, 0.2) is 11.5 Å². The number of carboxylic acids is 1. The third-order valence-corrected chi connectivity index (χ3v) is 3.25. The molecule has 5 heteroatoms. The fourth-order valence-electron chi connectivity index (χ4n) is 1.87. The lowest BCUT2D eigenvalue weighted by atomic mass is 9.98. The number of carboxylic acid groups (broad SMARTS) is 1. The van der Waals surface area contributed by atoms with Gasteiger partial charge in [-0.2, -0.15) is 0 Å². The topological polar surface area (TPSA) is 59.0 Å². The predicted octanol–water partition coefficient (Wildman–Crippen LogP) is 2.39. The number of hydrogen-bond acceptors (Lipinski definition) is 4. The van der Waals surface area contributed by atoms with E-state index in [0.717, 1.165) is 5.69 Å². The van der Waals surface area contributed by atoms with Gasteiger partial charge in [-0.25, -0.2) is 0 Å². The Labute approximate surface area is 113 Å². The van der Waals surface area contributed by atoms with Gasteiger partial charge in [0, 0.05) is 24.3 Å². The fourth-order valence-corrected chi connectivity index (χ4v) is 1.87. The number of rotatable bonds is 6. The van der Waals surface area contributed by atoms with Crippen molar-refractivity contribution in [2.45, 2.75) is 25.8 Å². The first kappa shape index (κ1) is 15.1. The molecule has 1 aromatic rings. The first-order valence-electron chi connectivity index (χ1n) is 5.99. The van der Waals surface area contributed by atoms with Crippen molar-refractivity contribution in [2.75, 3.05) is 26.2 Å². The summed E-state index contributed by atoms with van der Waals surface area (Å²) in [6, 6.07) is 5.52. The van der Waals surface area contributed by atoms with E-state index in [9.17, 15) is 4.79 Å². The number of benzene rings is 1. The number of nitrogens with zero attached hydrogens (tertiary/aromatic N) is 1. The normalized spacial score (nSPS) is 11.0. The van der Waals surface area contributed by atoms with Crippen LogP contribution in [-0.2, 0) is 4.79 Å². The zero-order valence-corrected chi connectivity index (χ0v) is 12.1. The largest absolute Gasteiger partial charge is 0.493 e. The highest BCUT2D eigenvalue weighted by Gasteiger charge is 2.27. The lowest BCUT2D eigenvalue weighted by Crippen LogP contribution is -2.43. The Kier molecular flexibility index (Phi) is 4.64. The molecule has 0 unspecified atom stereocenters. The van der Waals surface area contributed by atoms with Gasteiger partial charge in [0.1, 0.15) is 0 Å². The van der Waals surface area contributed by atoms with Gasteiger partial charge < -0.3 is 19.5 Å². The third kappa shape index (κ3) is 3.53. The van der Waals surface area contributed by atoms with E-state index in [1.807, 2.05) is 44.0 Å². The Morgan fingerprint density at radius 1 is 1.26 bits per heavy atom. The van der Waals surface area contributed by atoms with Crippen LogP contribution in [0.1, 0.15) is 20.3 Å². The standard InChI is InChI=1S/C14H21NO4/c1-14(2,9-13(16)17)15(3)10-6-7-11(18-4)12(8-10)19-5/h6-8H,9H2,1-5H3,(H,16,17). The number of hydrogen-bond donors (Lipinski definition) is 1. The molecule has 1 N–H and O–H groups in total. The highest BCUT2D eigenvalue weighted by Crippen LogP contribution is 2.34. The molecule has 106 valence electrons. The van der Waals surface area contributed by atoms with Gasteiger partial charge in [0.2, 0.25) is 0 Å². The van der Waals surface area contributed by atoms with Gasteiger partial charge in [-0.15, -0.1) is 0 Å². The minimum Gasteiger partial charge on any atom is -0.493 e. The zero-order chi connectivity index (χ0) is 14.6. The van der Waals surface area contributed by atoms with Gasteiger partial charge in [0.25, 0.3) is 0 Å². The Hall–Kier alpha value is -1.91. The van der Waals surface area contributed by atoms with Crippen LogP contribution in [0.2, 0.25) is 0 Å². The SMILES string of the molecule is COc1ccc(N(C)C(C)(C)CC(=O)O)cc1OC. The van der Waals surface area contributed by atoms with Crippen LogP contribution in [0.3, 0.4) is 0 Å². The van der Waals surface area contributed by atoms with E-state index in [-0.39, 0.29) is 6.42 Å². The molecule has 0 saturated heterocycles. The summed E-state index contributed by atoms with van der Waals surface area (Å²) >= 11 is 0. The van der Waals surface area contributed by atoms with Crippen molar-refractivity contribution in [3.63, 3.8) is 0 Å². The van der Waals surface area contributed by atoms with Crippen LogP contribution in [0.5, 0.6) is 11.5 Å². The molecular weight excluding hydrogens is 246 g/mol. The summed E-state index contributed by atoms with van der Waals surface area (Å²) < 4.78 is 10.4. The van der Waals surface area contributed by atoms with E-state index in [1.165, 1.54) is 0 Å². The summed E-state index contributed by atoms with van der Waals surface area (Å²) in [5.74, 6) is 0.450. The molecular formula is C14H21NO4. The van der Waals surface area contributed by atoms with Crippen molar-refractivity contribution in [2.24, 2.45) is 0 Å². The molecule has 0 spiro atoms. The molecule has 0 atom stereocenters. The maximum Gasteiger partial charge on any atom is 0.305 e. The molecule has 0 amide bonds. The first-order chi connectivity index (χ1) is 8.81. The van der Waals surface area contributed by atoms with E-state index >= 15 is 0 Å². The molecule has 0 bridgehead atoms. The minimum absolute atomic E-state index is 0.0534. The van der Waals surface area contributed by atoms with Crippen LogP contribution in [0, 0.1) is 0 Å². The van der Waals surface area contributed by atoms with Gasteiger partial charge in [-0.3, -0.25) is 4.79 Å². The summed E-state index contributed by atoms with van der Waals surface area (Å²) in [4.78, 5) is 12.8. The average Bonchev–Trinajstić information content (AvgIpc) is 2.35. The molecule has 0 saturated carbocycles. The maximum absolute atomic E-state index is 10.9. The molecule has 19 heavy (non-hydrogen) atoms. The van der Waals surface area contributed by atoms with Gasteiger partial charge in [-0.1, -0.05) is 0 Å². The highest BCUT2D eigenvalue weighted by atomic mass is 16.5. The highest BCUT2D eigenvalue weighted by molar-refractivity contribution is 5.70. The minimum atomic E-state index is -0.822. The van der Waals surface area contributed by atoms with Crippen LogP contribution >= 0.6 is 0 Å². The lowest BCUT2D eigenvalue weighted by Gasteiger charge is -2.36. The molecule has 0 aliphatic heterocycles. The molecule has 0 aliphatic carbocycles. The Morgan fingerprint density at radius 2 is 1.84 bits per heavy atom. The molecule has 0 aliphatic rings. The predicted molar refractivity (Wildman–Crippen MR) is 74.3 cm³/mol. The monoisotopic (exact) mass is 267 g/mol. The first-order valence-corrected chi connectivity index (χ1v) is 5.99. The number of ether oxygens (including phenoxy) is 2. The van der Waals surface area contributed by atoms with Crippen molar-refractivity contribution in [1.29, 1.82) is 0 Å². The molecule has 0 aromatic heterocycles. The van der Waals surface area contributed by atoms with Crippen LogP contribution in [0.4, 0.5) is 5.69 Å². The van der Waals surface area contributed by atoms with Crippen molar-refractivity contribution in [3.8, 4) is 11.5 Å². The molecule has 5 nitrogen and oxygen atoms in total. The van der Waals surface area contributed by atoms with Crippen LogP contribution < -0.4 is 14.4 Å². The number of carbonyl (C=O) groups is 1. The smallest absolute Gasteiger partial charge is 0.305 e. The van der Waals surface area contributed by atoms with E-state index in [1.54, 1.807) is 14.2 Å². The lowest BCUT2D eigenvalue weighted by molar-refractivity contribution is -0.138. The zero-order valence-electron chi connectivity index (χ0n) is 12.1. The number of anilines is 1. The Bertz CT molecular complexity index is 457. The summed E-state index contributed by atoms with van der Waals surface area (Å²) in [6.07, 6.45) is 0.0534. The molecule has 1 rings (SSSR count). The van der Waals surface area contributed by atoms with Crippen molar-refractivity contribution >= 4 is 11.7 Å². The summed E-state index contributed by atoms with van der Waals surface area (Å²) in [5.41, 5.74) is 0.384. The van der Waals surface area contributed by atoms with Crippen LogP contribution in [0.15, 0.2) is 18.2 Å².